The standard InChI is InChI=1S/C17H22N2O5/c1-22-12-3-4-13(15(9-12)23-2)14-10-16(20)19(17(14)21)11-18-5-7-24-8-6-18/h3-4,9,14H,5-8,10-11H2,1-2H3/t14-/m1/s1. The van der Waals surface area contributed by atoms with Gasteiger partial charge < -0.3 is 14.2 Å². The highest BCUT2D eigenvalue weighted by atomic mass is 16.5. The molecule has 1 aromatic rings. The molecule has 1 aromatic carbocycles. The van der Waals surface area contributed by atoms with Gasteiger partial charge in [0.1, 0.15) is 11.5 Å². The molecule has 1 atom stereocenters. The number of likely N-dealkylation sites (tertiary alicyclic amines) is 1. The van der Waals surface area contributed by atoms with E-state index in [4.69, 9.17) is 14.2 Å². The summed E-state index contributed by atoms with van der Waals surface area (Å²) < 4.78 is 15.9. The topological polar surface area (TPSA) is 68.3 Å². The minimum atomic E-state index is -0.501. The number of hydrogen-bond donors (Lipinski definition) is 0. The quantitative estimate of drug-likeness (QED) is 0.743. The fourth-order valence-electron chi connectivity index (χ4n) is 3.12. The lowest BCUT2D eigenvalue weighted by Crippen LogP contribution is -2.46. The maximum absolute atomic E-state index is 12.8. The van der Waals surface area contributed by atoms with Crippen LogP contribution in [0.5, 0.6) is 11.5 Å². The van der Waals surface area contributed by atoms with Crippen LogP contribution < -0.4 is 9.47 Å². The first-order valence-corrected chi connectivity index (χ1v) is 8.00. The number of carbonyl (C=O) groups excluding carboxylic acids is 2. The maximum atomic E-state index is 12.8. The molecule has 0 aliphatic carbocycles. The van der Waals surface area contributed by atoms with E-state index in [9.17, 15) is 9.59 Å². The van der Waals surface area contributed by atoms with Gasteiger partial charge in [0, 0.05) is 31.1 Å². The average Bonchev–Trinajstić information content (AvgIpc) is 2.90. The van der Waals surface area contributed by atoms with Crippen LogP contribution in [-0.2, 0) is 14.3 Å². The van der Waals surface area contributed by atoms with E-state index in [-0.39, 0.29) is 18.2 Å². The van der Waals surface area contributed by atoms with Crippen LogP contribution >= 0.6 is 0 Å². The molecule has 2 saturated heterocycles. The molecule has 0 N–H and O–H groups in total. The van der Waals surface area contributed by atoms with E-state index in [0.717, 1.165) is 18.7 Å². The summed E-state index contributed by atoms with van der Waals surface area (Å²) in [6, 6.07) is 5.31. The number of methoxy groups -OCH3 is 2. The summed E-state index contributed by atoms with van der Waals surface area (Å²) in [4.78, 5) is 28.5. The number of morpholine rings is 1. The molecular weight excluding hydrogens is 312 g/mol. The third-order valence-corrected chi connectivity index (χ3v) is 4.51. The molecule has 130 valence electrons. The Balaban J connectivity index is 1.78. The van der Waals surface area contributed by atoms with Crippen molar-refractivity contribution >= 4 is 11.8 Å². The number of benzene rings is 1. The van der Waals surface area contributed by atoms with Crippen molar-refractivity contribution in [3.05, 3.63) is 23.8 Å². The van der Waals surface area contributed by atoms with Crippen LogP contribution in [0.25, 0.3) is 0 Å². The van der Waals surface area contributed by atoms with Gasteiger partial charge in [-0.3, -0.25) is 19.4 Å². The highest BCUT2D eigenvalue weighted by Crippen LogP contribution is 2.37. The van der Waals surface area contributed by atoms with Gasteiger partial charge in [0.25, 0.3) is 0 Å². The van der Waals surface area contributed by atoms with Gasteiger partial charge in [0.2, 0.25) is 11.8 Å². The van der Waals surface area contributed by atoms with Crippen molar-refractivity contribution in [3.63, 3.8) is 0 Å². The molecule has 2 aliphatic heterocycles. The van der Waals surface area contributed by atoms with Crippen LogP contribution in [0.4, 0.5) is 0 Å². The summed E-state index contributed by atoms with van der Waals surface area (Å²) in [6.45, 7) is 3.05. The molecule has 7 nitrogen and oxygen atoms in total. The normalized spacial score (nSPS) is 22.1. The van der Waals surface area contributed by atoms with Gasteiger partial charge in [0.05, 0.1) is 40.0 Å². The van der Waals surface area contributed by atoms with E-state index < -0.39 is 5.92 Å². The van der Waals surface area contributed by atoms with Crippen molar-refractivity contribution in [1.29, 1.82) is 0 Å². The monoisotopic (exact) mass is 334 g/mol. The number of amides is 2. The van der Waals surface area contributed by atoms with Gasteiger partial charge in [-0.05, 0) is 6.07 Å². The van der Waals surface area contributed by atoms with Crippen molar-refractivity contribution in [2.45, 2.75) is 12.3 Å². The number of imide groups is 1. The second kappa shape index (κ2) is 7.19. The lowest BCUT2D eigenvalue weighted by atomic mass is 9.96. The van der Waals surface area contributed by atoms with Crippen molar-refractivity contribution < 1.29 is 23.8 Å². The Labute approximate surface area is 141 Å². The molecular formula is C17H22N2O5. The van der Waals surface area contributed by atoms with Crippen molar-refractivity contribution in [2.75, 3.05) is 47.2 Å². The largest absolute Gasteiger partial charge is 0.497 e. The van der Waals surface area contributed by atoms with Gasteiger partial charge in [-0.15, -0.1) is 0 Å². The summed E-state index contributed by atoms with van der Waals surface area (Å²) in [5.74, 6) is 0.398. The first-order chi connectivity index (χ1) is 11.6. The van der Waals surface area contributed by atoms with Crippen molar-refractivity contribution in [2.24, 2.45) is 0 Å². The smallest absolute Gasteiger partial charge is 0.238 e. The van der Waals surface area contributed by atoms with E-state index in [1.54, 1.807) is 32.4 Å². The fraction of sp³-hybridized carbons (Fsp3) is 0.529. The number of carbonyl (C=O) groups is 2. The Hall–Kier alpha value is -2.12. The van der Waals surface area contributed by atoms with Crippen LogP contribution in [0, 0.1) is 0 Å². The molecule has 24 heavy (non-hydrogen) atoms. The molecule has 3 rings (SSSR count). The number of hydrogen-bond acceptors (Lipinski definition) is 6. The Morgan fingerprint density at radius 2 is 1.92 bits per heavy atom. The Kier molecular flexibility index (Phi) is 5.01. The first-order valence-electron chi connectivity index (χ1n) is 8.00. The zero-order chi connectivity index (χ0) is 17.1. The summed E-state index contributed by atoms with van der Waals surface area (Å²) in [5, 5.41) is 0. The predicted octanol–water partition coefficient (Wildman–Crippen LogP) is 0.836. The molecule has 2 amide bonds. The summed E-state index contributed by atoms with van der Waals surface area (Å²) >= 11 is 0. The zero-order valence-electron chi connectivity index (χ0n) is 14.0. The summed E-state index contributed by atoms with van der Waals surface area (Å²) in [7, 11) is 3.12. The first kappa shape index (κ1) is 16.7. The van der Waals surface area contributed by atoms with Gasteiger partial charge in [-0.25, -0.2) is 0 Å². The molecule has 0 saturated carbocycles. The molecule has 2 aliphatic rings. The van der Waals surface area contributed by atoms with Crippen molar-refractivity contribution in [3.8, 4) is 11.5 Å². The number of ether oxygens (including phenoxy) is 3. The average molecular weight is 334 g/mol. The van der Waals surface area contributed by atoms with E-state index in [1.165, 1.54) is 4.90 Å². The van der Waals surface area contributed by atoms with E-state index in [2.05, 4.69) is 4.90 Å². The summed E-state index contributed by atoms with van der Waals surface area (Å²) in [5.41, 5.74) is 0.723. The molecule has 0 spiro atoms. The van der Waals surface area contributed by atoms with Gasteiger partial charge in [0.15, 0.2) is 0 Å². The minimum Gasteiger partial charge on any atom is -0.497 e. The molecule has 7 heteroatoms. The lowest BCUT2D eigenvalue weighted by Gasteiger charge is -2.29. The fourth-order valence-corrected chi connectivity index (χ4v) is 3.12. The molecule has 0 radical (unpaired) electrons. The Morgan fingerprint density at radius 3 is 2.58 bits per heavy atom. The van der Waals surface area contributed by atoms with Gasteiger partial charge >= 0.3 is 0 Å². The Morgan fingerprint density at radius 1 is 1.17 bits per heavy atom. The highest BCUT2D eigenvalue weighted by molar-refractivity contribution is 6.06. The van der Waals surface area contributed by atoms with E-state index in [0.29, 0.717) is 31.4 Å². The maximum Gasteiger partial charge on any atom is 0.238 e. The van der Waals surface area contributed by atoms with Crippen LogP contribution in [0.1, 0.15) is 17.9 Å². The minimum absolute atomic E-state index is 0.144. The van der Waals surface area contributed by atoms with Crippen molar-refractivity contribution in [1.82, 2.24) is 9.80 Å². The predicted molar refractivity (Wildman–Crippen MR) is 86.0 cm³/mol. The number of nitrogens with zero attached hydrogens (tertiary/aromatic N) is 2. The third kappa shape index (κ3) is 3.22. The molecule has 0 aromatic heterocycles. The highest BCUT2D eigenvalue weighted by Gasteiger charge is 2.41. The Bertz CT molecular complexity index is 627. The van der Waals surface area contributed by atoms with E-state index >= 15 is 0 Å². The molecule has 2 fully saturated rings. The van der Waals surface area contributed by atoms with Crippen LogP contribution in [0.2, 0.25) is 0 Å². The second-order valence-corrected chi connectivity index (χ2v) is 5.90. The number of rotatable bonds is 5. The molecule has 0 unspecified atom stereocenters. The summed E-state index contributed by atoms with van der Waals surface area (Å²) in [6.07, 6.45) is 0.172. The molecule has 0 bridgehead atoms. The van der Waals surface area contributed by atoms with Crippen LogP contribution in [-0.4, -0.2) is 68.8 Å². The van der Waals surface area contributed by atoms with Gasteiger partial charge in [-0.2, -0.15) is 0 Å². The third-order valence-electron chi connectivity index (χ3n) is 4.51. The zero-order valence-corrected chi connectivity index (χ0v) is 14.0. The molecule has 2 heterocycles. The van der Waals surface area contributed by atoms with Crippen LogP contribution in [0.3, 0.4) is 0 Å². The lowest BCUT2D eigenvalue weighted by molar-refractivity contribution is -0.142. The van der Waals surface area contributed by atoms with Crippen LogP contribution in [0.15, 0.2) is 18.2 Å². The SMILES string of the molecule is COc1ccc([C@H]2CC(=O)N(CN3CCOCC3)C2=O)c(OC)c1. The second-order valence-electron chi connectivity index (χ2n) is 5.90. The van der Waals surface area contributed by atoms with E-state index in [1.807, 2.05) is 0 Å². The van der Waals surface area contributed by atoms with Gasteiger partial charge in [-0.1, -0.05) is 6.07 Å².